The summed E-state index contributed by atoms with van der Waals surface area (Å²) in [6.45, 7) is 5.06. The number of ketones is 1. The number of carbonyl (C=O) groups excluding carboxylic acids is 2. The highest BCUT2D eigenvalue weighted by Crippen LogP contribution is 2.29. The Morgan fingerprint density at radius 3 is 2.27 bits per heavy atom. The van der Waals surface area contributed by atoms with Gasteiger partial charge in [-0.3, -0.25) is 14.0 Å². The number of fused-ring (bicyclic) bond motifs is 1. The normalized spacial score (nSPS) is 13.0. The number of nitrogens with zero attached hydrogens (tertiary/aromatic N) is 3. The Bertz CT molecular complexity index is 1690. The van der Waals surface area contributed by atoms with Gasteiger partial charge in [-0.25, -0.2) is 9.97 Å². The van der Waals surface area contributed by atoms with Crippen molar-refractivity contribution in [3.05, 3.63) is 108 Å². The van der Waals surface area contributed by atoms with Gasteiger partial charge in [0.25, 0.3) is 5.91 Å². The maximum atomic E-state index is 12.9. The molecule has 1 saturated carbocycles. The summed E-state index contributed by atoms with van der Waals surface area (Å²) in [6.07, 6.45) is 6.30. The number of rotatable bonds is 10. The van der Waals surface area contributed by atoms with E-state index in [1.165, 1.54) is 0 Å². The van der Waals surface area contributed by atoms with Crippen LogP contribution in [0, 0.1) is 5.92 Å². The molecular weight excluding hydrogens is 510 g/mol. The first-order chi connectivity index (χ1) is 19.9. The molecule has 3 aromatic carbocycles. The smallest absolute Gasteiger partial charge is 0.251 e. The Kier molecular flexibility index (Phi) is 7.33. The van der Waals surface area contributed by atoms with Gasteiger partial charge in [0.15, 0.2) is 17.2 Å². The summed E-state index contributed by atoms with van der Waals surface area (Å²) >= 11 is 0. The molecule has 0 atom stereocenters. The maximum Gasteiger partial charge on any atom is 0.251 e. The average Bonchev–Trinajstić information content (AvgIpc) is 3.71. The molecule has 0 radical (unpaired) electrons. The van der Waals surface area contributed by atoms with Crippen LogP contribution in [-0.2, 0) is 6.42 Å². The van der Waals surface area contributed by atoms with E-state index in [1.54, 1.807) is 0 Å². The van der Waals surface area contributed by atoms with Crippen molar-refractivity contribution in [2.45, 2.75) is 39.2 Å². The maximum absolute atomic E-state index is 12.9. The third-order valence-electron chi connectivity index (χ3n) is 7.24. The highest BCUT2D eigenvalue weighted by Gasteiger charge is 2.24. The van der Waals surface area contributed by atoms with Crippen molar-refractivity contribution in [1.29, 1.82) is 0 Å². The molecule has 1 aliphatic carbocycles. The predicted octanol–water partition coefficient (Wildman–Crippen LogP) is 6.45. The zero-order chi connectivity index (χ0) is 28.3. The van der Waals surface area contributed by atoms with Gasteiger partial charge in [0, 0.05) is 47.5 Å². The lowest BCUT2D eigenvalue weighted by Gasteiger charge is -2.13. The van der Waals surface area contributed by atoms with E-state index in [9.17, 15) is 9.59 Å². The first kappa shape index (κ1) is 26.4. The minimum absolute atomic E-state index is 0.0328. The van der Waals surface area contributed by atoms with Crippen LogP contribution >= 0.6 is 0 Å². The minimum Gasteiger partial charge on any atom is -0.367 e. The second-order valence-electron chi connectivity index (χ2n) is 11.1. The number of hydrogen-bond acceptors (Lipinski definition) is 5. The minimum atomic E-state index is -0.0328. The summed E-state index contributed by atoms with van der Waals surface area (Å²) < 4.78 is 2.04. The van der Waals surface area contributed by atoms with Crippen LogP contribution in [-0.4, -0.2) is 38.6 Å². The number of aromatic nitrogens is 3. The van der Waals surface area contributed by atoms with E-state index < -0.39 is 0 Å². The molecular formula is C34H33N5O2. The Balaban J connectivity index is 1.31. The molecule has 206 valence electrons. The molecule has 2 N–H and O–H groups in total. The van der Waals surface area contributed by atoms with E-state index in [1.807, 2.05) is 95.7 Å². The molecule has 7 heteroatoms. The van der Waals surface area contributed by atoms with Gasteiger partial charge in [-0.05, 0) is 36.5 Å². The molecule has 0 aliphatic heterocycles. The highest BCUT2D eigenvalue weighted by atomic mass is 16.1. The van der Waals surface area contributed by atoms with E-state index in [4.69, 9.17) is 9.97 Å². The Morgan fingerprint density at radius 1 is 0.902 bits per heavy atom. The van der Waals surface area contributed by atoms with Crippen LogP contribution in [0.1, 0.15) is 53.0 Å². The molecule has 1 amide bonds. The molecule has 2 heterocycles. The topological polar surface area (TPSA) is 88.4 Å². The van der Waals surface area contributed by atoms with Crippen molar-refractivity contribution in [1.82, 2.24) is 19.7 Å². The van der Waals surface area contributed by atoms with Crippen molar-refractivity contribution in [3.63, 3.8) is 0 Å². The number of carbonyl (C=O) groups is 2. The van der Waals surface area contributed by atoms with E-state index in [2.05, 4.69) is 24.5 Å². The monoisotopic (exact) mass is 543 g/mol. The zero-order valence-corrected chi connectivity index (χ0v) is 23.3. The molecule has 5 aromatic rings. The molecule has 1 aliphatic rings. The molecule has 0 spiro atoms. The van der Waals surface area contributed by atoms with Gasteiger partial charge < -0.3 is 10.6 Å². The van der Waals surface area contributed by atoms with Gasteiger partial charge in [0.2, 0.25) is 0 Å². The molecule has 7 nitrogen and oxygen atoms in total. The van der Waals surface area contributed by atoms with Gasteiger partial charge >= 0.3 is 0 Å². The van der Waals surface area contributed by atoms with Crippen LogP contribution in [0.5, 0.6) is 0 Å². The molecule has 0 saturated heterocycles. The summed E-state index contributed by atoms with van der Waals surface area (Å²) in [4.78, 5) is 35.0. The third kappa shape index (κ3) is 6.04. The molecule has 6 rings (SSSR count). The van der Waals surface area contributed by atoms with Crippen LogP contribution in [0.25, 0.3) is 28.2 Å². The lowest BCUT2D eigenvalue weighted by Crippen LogP contribution is -2.25. The predicted molar refractivity (Wildman–Crippen MR) is 162 cm³/mol. The largest absolute Gasteiger partial charge is 0.367 e. The number of hydrogen-bond donors (Lipinski definition) is 2. The van der Waals surface area contributed by atoms with Gasteiger partial charge in [-0.2, -0.15) is 0 Å². The lowest BCUT2D eigenvalue weighted by atomic mass is 10.0. The zero-order valence-electron chi connectivity index (χ0n) is 23.3. The molecule has 0 unspecified atom stereocenters. The van der Waals surface area contributed by atoms with E-state index >= 15 is 0 Å². The standard InChI is InChI=1S/C34H33N5O2/c1-22(2)19-35-32-33-36-20-30(25-10-14-27(15-11-25)34(41)37-28-16-17-28)39(33)21-29(38-32)24-8-12-26(13-9-24)31(40)18-23-6-4-3-5-7-23/h3-15,20-22,28H,16-19H2,1-2H3,(H,35,38)(H,37,41). The first-order valence-corrected chi connectivity index (χ1v) is 14.2. The number of Topliss-reactive ketones (excluding diaryl/α,β-unsaturated/α-hetero) is 1. The third-order valence-corrected chi connectivity index (χ3v) is 7.24. The van der Waals surface area contributed by atoms with Crippen LogP contribution in [0.15, 0.2) is 91.3 Å². The molecule has 1 fully saturated rings. The van der Waals surface area contributed by atoms with Crippen LogP contribution in [0.4, 0.5) is 5.82 Å². The summed E-state index contributed by atoms with van der Waals surface area (Å²) in [5.74, 6) is 1.18. The number of anilines is 1. The number of amides is 1. The second kappa shape index (κ2) is 11.4. The van der Waals surface area contributed by atoms with E-state index in [0.29, 0.717) is 35.3 Å². The first-order valence-electron chi connectivity index (χ1n) is 14.2. The van der Waals surface area contributed by atoms with Crippen LogP contribution in [0.2, 0.25) is 0 Å². The SMILES string of the molecule is CC(C)CNc1nc(-c2ccc(C(=O)Cc3ccccc3)cc2)cn2c(-c3ccc(C(=O)NC4CC4)cc3)cnc12. The quantitative estimate of drug-likeness (QED) is 0.198. The molecule has 41 heavy (non-hydrogen) atoms. The lowest BCUT2D eigenvalue weighted by molar-refractivity contribution is 0.0949. The Labute approximate surface area is 239 Å². The molecule has 2 aromatic heterocycles. The van der Waals surface area contributed by atoms with Gasteiger partial charge in [0.1, 0.15) is 0 Å². The number of benzene rings is 3. The fourth-order valence-corrected chi connectivity index (χ4v) is 4.76. The fourth-order valence-electron chi connectivity index (χ4n) is 4.76. The van der Waals surface area contributed by atoms with Gasteiger partial charge in [0.05, 0.1) is 17.6 Å². The Morgan fingerprint density at radius 2 is 1.59 bits per heavy atom. The van der Waals surface area contributed by atoms with E-state index in [0.717, 1.165) is 53.1 Å². The highest BCUT2D eigenvalue weighted by molar-refractivity contribution is 5.98. The average molecular weight is 544 g/mol. The Hall–Kier alpha value is -4.78. The van der Waals surface area contributed by atoms with Gasteiger partial charge in [-0.15, -0.1) is 0 Å². The number of nitrogens with one attached hydrogen (secondary N) is 2. The summed E-state index contributed by atoms with van der Waals surface area (Å²) in [5.41, 5.74) is 6.58. The van der Waals surface area contributed by atoms with Crippen molar-refractivity contribution >= 4 is 23.2 Å². The summed E-state index contributed by atoms with van der Waals surface area (Å²) in [7, 11) is 0. The van der Waals surface area contributed by atoms with Crippen molar-refractivity contribution < 1.29 is 9.59 Å². The van der Waals surface area contributed by atoms with Crippen LogP contribution < -0.4 is 10.6 Å². The second-order valence-corrected chi connectivity index (χ2v) is 11.1. The number of imidazole rings is 1. The van der Waals surface area contributed by atoms with Crippen molar-refractivity contribution in [2.75, 3.05) is 11.9 Å². The summed E-state index contributed by atoms with van der Waals surface area (Å²) in [6, 6.07) is 25.4. The van der Waals surface area contributed by atoms with Crippen molar-refractivity contribution in [2.24, 2.45) is 5.92 Å². The van der Waals surface area contributed by atoms with Crippen LogP contribution in [0.3, 0.4) is 0 Å². The fraction of sp³-hybridized carbons (Fsp3) is 0.235. The molecule has 0 bridgehead atoms. The summed E-state index contributed by atoms with van der Waals surface area (Å²) in [5, 5.41) is 6.50. The van der Waals surface area contributed by atoms with E-state index in [-0.39, 0.29) is 11.7 Å². The van der Waals surface area contributed by atoms with Gasteiger partial charge in [-0.1, -0.05) is 80.6 Å². The van der Waals surface area contributed by atoms with Crippen molar-refractivity contribution in [3.8, 4) is 22.5 Å².